The summed E-state index contributed by atoms with van der Waals surface area (Å²) in [5.74, 6) is 0.196. The second-order valence-electron chi connectivity index (χ2n) is 5.56. The number of rotatable bonds is 5. The minimum Gasteiger partial charge on any atom is -0.396 e. The Morgan fingerprint density at radius 2 is 2.00 bits per heavy atom. The molecule has 1 unspecified atom stereocenters. The number of carbonyl (C=O) groups is 1. The summed E-state index contributed by atoms with van der Waals surface area (Å²) in [6.45, 7) is 2.02. The van der Waals surface area contributed by atoms with Crippen LogP contribution in [-0.2, 0) is 17.9 Å². The summed E-state index contributed by atoms with van der Waals surface area (Å²) < 4.78 is 1.88. The van der Waals surface area contributed by atoms with E-state index in [-0.39, 0.29) is 18.4 Å². The van der Waals surface area contributed by atoms with Crippen molar-refractivity contribution >= 4 is 5.91 Å². The predicted octanol–water partition coefficient (Wildman–Crippen LogP) is 1.27. The minimum atomic E-state index is 0.0789. The Kier molecular flexibility index (Phi) is 4.01. The monoisotopic (exact) mass is 285 g/mol. The molecule has 1 amide bonds. The number of likely N-dealkylation sites (tertiary alicyclic amines) is 1. The van der Waals surface area contributed by atoms with E-state index in [1.165, 1.54) is 5.56 Å². The molecule has 0 bridgehead atoms. The lowest BCUT2D eigenvalue weighted by Crippen LogP contribution is -2.24. The van der Waals surface area contributed by atoms with Gasteiger partial charge < -0.3 is 10.0 Å². The normalized spacial score (nSPS) is 18.4. The van der Waals surface area contributed by atoms with Gasteiger partial charge in [0.1, 0.15) is 0 Å². The van der Waals surface area contributed by atoms with Crippen LogP contribution in [-0.4, -0.2) is 38.8 Å². The second-order valence-corrected chi connectivity index (χ2v) is 5.56. The molecular formula is C16H19N3O2. The quantitative estimate of drug-likeness (QED) is 0.900. The van der Waals surface area contributed by atoms with Crippen molar-refractivity contribution in [3.63, 3.8) is 0 Å². The number of nitrogens with zero attached hydrogens (tertiary/aromatic N) is 3. The molecule has 0 saturated carbocycles. The molecule has 1 N–H and O–H groups in total. The zero-order valence-electron chi connectivity index (χ0n) is 11.9. The van der Waals surface area contributed by atoms with Crippen molar-refractivity contribution in [2.45, 2.75) is 19.5 Å². The van der Waals surface area contributed by atoms with Gasteiger partial charge in [-0.2, -0.15) is 5.10 Å². The van der Waals surface area contributed by atoms with E-state index in [0.717, 1.165) is 12.1 Å². The van der Waals surface area contributed by atoms with Gasteiger partial charge >= 0.3 is 0 Å². The maximum absolute atomic E-state index is 11.8. The molecule has 3 rings (SSSR count). The van der Waals surface area contributed by atoms with Gasteiger partial charge in [0.05, 0.1) is 12.7 Å². The summed E-state index contributed by atoms with van der Waals surface area (Å²) in [4.78, 5) is 13.6. The van der Waals surface area contributed by atoms with Crippen molar-refractivity contribution in [2.24, 2.45) is 5.92 Å². The lowest BCUT2D eigenvalue weighted by atomic mass is 10.1. The molecule has 1 aliphatic heterocycles. The van der Waals surface area contributed by atoms with Crippen molar-refractivity contribution < 1.29 is 9.90 Å². The fraction of sp³-hybridized carbons (Fsp3) is 0.375. The van der Waals surface area contributed by atoms with Gasteiger partial charge in [0.25, 0.3) is 0 Å². The zero-order valence-corrected chi connectivity index (χ0v) is 11.9. The van der Waals surface area contributed by atoms with Crippen LogP contribution in [0.4, 0.5) is 0 Å². The molecule has 0 radical (unpaired) electrons. The summed E-state index contributed by atoms with van der Waals surface area (Å²) in [6, 6.07) is 10.2. The first kappa shape index (κ1) is 13.8. The number of carbonyl (C=O) groups excluding carboxylic acids is 1. The van der Waals surface area contributed by atoms with E-state index in [4.69, 9.17) is 5.11 Å². The SMILES string of the molecule is O=C1CC(CO)CN1Cc1cnn(Cc2ccccc2)c1. The molecule has 2 aromatic rings. The highest BCUT2D eigenvalue weighted by atomic mass is 16.3. The Hall–Kier alpha value is -2.14. The fourth-order valence-electron chi connectivity index (χ4n) is 2.69. The van der Waals surface area contributed by atoms with Crippen molar-refractivity contribution in [1.29, 1.82) is 0 Å². The molecule has 1 saturated heterocycles. The molecule has 110 valence electrons. The maximum Gasteiger partial charge on any atom is 0.223 e. The Morgan fingerprint density at radius 1 is 1.19 bits per heavy atom. The van der Waals surface area contributed by atoms with E-state index in [0.29, 0.717) is 19.5 Å². The molecule has 1 aromatic heterocycles. The third-order valence-electron chi connectivity index (χ3n) is 3.80. The topological polar surface area (TPSA) is 58.4 Å². The number of hydrogen-bond acceptors (Lipinski definition) is 3. The lowest BCUT2D eigenvalue weighted by molar-refractivity contribution is -0.128. The average molecular weight is 285 g/mol. The Labute approximate surface area is 123 Å². The van der Waals surface area contributed by atoms with Crippen LogP contribution in [0, 0.1) is 5.92 Å². The molecule has 0 aliphatic carbocycles. The molecule has 21 heavy (non-hydrogen) atoms. The third-order valence-corrected chi connectivity index (χ3v) is 3.80. The average Bonchev–Trinajstić information content (AvgIpc) is 3.08. The summed E-state index contributed by atoms with van der Waals surface area (Å²) in [7, 11) is 0. The van der Waals surface area contributed by atoms with E-state index in [2.05, 4.69) is 17.2 Å². The second kappa shape index (κ2) is 6.10. The van der Waals surface area contributed by atoms with Crippen molar-refractivity contribution in [3.8, 4) is 0 Å². The van der Waals surface area contributed by atoms with Gasteiger partial charge in [-0.15, -0.1) is 0 Å². The highest BCUT2D eigenvalue weighted by Gasteiger charge is 2.28. The van der Waals surface area contributed by atoms with Crippen LogP contribution in [0.1, 0.15) is 17.5 Å². The standard InChI is InChI=1S/C16H19N3O2/c20-12-14-6-16(21)18(8-14)9-15-7-17-19(11-15)10-13-4-2-1-3-5-13/h1-5,7,11,14,20H,6,8-10,12H2. The summed E-state index contributed by atoms with van der Waals surface area (Å²) >= 11 is 0. The van der Waals surface area contributed by atoms with Crippen LogP contribution in [0.5, 0.6) is 0 Å². The first-order valence-corrected chi connectivity index (χ1v) is 7.18. The fourth-order valence-corrected chi connectivity index (χ4v) is 2.69. The molecule has 1 atom stereocenters. The van der Waals surface area contributed by atoms with Crippen molar-refractivity contribution in [2.75, 3.05) is 13.2 Å². The number of amides is 1. The third kappa shape index (κ3) is 3.31. The molecule has 1 fully saturated rings. The summed E-state index contributed by atoms with van der Waals surface area (Å²) in [6.07, 6.45) is 4.24. The van der Waals surface area contributed by atoms with Crippen molar-refractivity contribution in [1.82, 2.24) is 14.7 Å². The van der Waals surface area contributed by atoms with Gasteiger partial charge in [0, 0.05) is 43.8 Å². The molecular weight excluding hydrogens is 266 g/mol. The smallest absolute Gasteiger partial charge is 0.223 e. The van der Waals surface area contributed by atoms with Gasteiger partial charge in [-0.1, -0.05) is 30.3 Å². The molecule has 2 heterocycles. The lowest BCUT2D eigenvalue weighted by Gasteiger charge is -2.14. The Bertz CT molecular complexity index is 609. The van der Waals surface area contributed by atoms with Gasteiger partial charge in [0.2, 0.25) is 5.91 Å². The highest BCUT2D eigenvalue weighted by Crippen LogP contribution is 2.19. The Morgan fingerprint density at radius 3 is 2.71 bits per heavy atom. The number of benzene rings is 1. The van der Waals surface area contributed by atoms with Crippen LogP contribution < -0.4 is 0 Å². The number of aliphatic hydroxyl groups is 1. The molecule has 5 nitrogen and oxygen atoms in total. The molecule has 1 aliphatic rings. The predicted molar refractivity (Wildman–Crippen MR) is 78.4 cm³/mol. The molecule has 5 heteroatoms. The van der Waals surface area contributed by atoms with Gasteiger partial charge in [0.15, 0.2) is 0 Å². The number of aliphatic hydroxyl groups excluding tert-OH is 1. The number of hydrogen-bond donors (Lipinski definition) is 1. The van der Waals surface area contributed by atoms with E-state index in [1.807, 2.05) is 35.3 Å². The van der Waals surface area contributed by atoms with E-state index in [9.17, 15) is 4.79 Å². The minimum absolute atomic E-state index is 0.0789. The summed E-state index contributed by atoms with van der Waals surface area (Å²) in [5, 5.41) is 13.5. The van der Waals surface area contributed by atoms with Gasteiger partial charge in [-0.3, -0.25) is 9.48 Å². The van der Waals surface area contributed by atoms with Crippen LogP contribution in [0.25, 0.3) is 0 Å². The van der Waals surface area contributed by atoms with Crippen LogP contribution in [0.3, 0.4) is 0 Å². The van der Waals surface area contributed by atoms with Crippen LogP contribution in [0.15, 0.2) is 42.7 Å². The maximum atomic E-state index is 11.8. The Balaban J connectivity index is 1.62. The highest BCUT2D eigenvalue weighted by molar-refractivity contribution is 5.78. The first-order valence-electron chi connectivity index (χ1n) is 7.18. The van der Waals surface area contributed by atoms with Crippen molar-refractivity contribution in [3.05, 3.63) is 53.9 Å². The van der Waals surface area contributed by atoms with E-state index in [1.54, 1.807) is 4.90 Å². The molecule has 0 spiro atoms. The molecule has 1 aromatic carbocycles. The largest absolute Gasteiger partial charge is 0.396 e. The van der Waals surface area contributed by atoms with E-state index >= 15 is 0 Å². The van der Waals surface area contributed by atoms with Gasteiger partial charge in [-0.25, -0.2) is 0 Å². The van der Waals surface area contributed by atoms with E-state index < -0.39 is 0 Å². The van der Waals surface area contributed by atoms with Gasteiger partial charge in [-0.05, 0) is 5.56 Å². The number of aromatic nitrogens is 2. The first-order chi connectivity index (χ1) is 10.2. The van der Waals surface area contributed by atoms with Crippen LogP contribution in [0.2, 0.25) is 0 Å². The zero-order chi connectivity index (χ0) is 14.7. The summed E-state index contributed by atoms with van der Waals surface area (Å²) in [5.41, 5.74) is 2.22. The van der Waals surface area contributed by atoms with Crippen LogP contribution >= 0.6 is 0 Å².